The number of hydrogen-bond donors (Lipinski definition) is 1. The maximum absolute atomic E-state index is 12.3. The van der Waals surface area contributed by atoms with Gasteiger partial charge in [-0.05, 0) is 43.5 Å². The van der Waals surface area contributed by atoms with Gasteiger partial charge in [0, 0.05) is 17.1 Å². The highest BCUT2D eigenvalue weighted by Crippen LogP contribution is 2.21. The summed E-state index contributed by atoms with van der Waals surface area (Å²) >= 11 is 13.5. The molecule has 3 rings (SSSR count). The van der Waals surface area contributed by atoms with Crippen molar-refractivity contribution in [1.29, 1.82) is 0 Å². The second-order valence-electron chi connectivity index (χ2n) is 6.03. The van der Waals surface area contributed by atoms with Gasteiger partial charge in [-0.15, -0.1) is 11.3 Å². The lowest BCUT2D eigenvalue weighted by Crippen LogP contribution is -2.27. The van der Waals surface area contributed by atoms with Gasteiger partial charge in [0.05, 0.1) is 27.8 Å². The molecule has 27 heavy (non-hydrogen) atoms. The summed E-state index contributed by atoms with van der Waals surface area (Å²) in [5, 5.41) is 10.5. The van der Waals surface area contributed by atoms with Crippen LogP contribution in [0.1, 0.15) is 26.6 Å². The molecule has 0 atom stereocenters. The van der Waals surface area contributed by atoms with Crippen LogP contribution in [-0.4, -0.2) is 22.2 Å². The molecule has 5 nitrogen and oxygen atoms in total. The van der Waals surface area contributed by atoms with E-state index in [9.17, 15) is 4.79 Å². The van der Waals surface area contributed by atoms with Crippen LogP contribution in [-0.2, 0) is 13.2 Å². The Labute approximate surface area is 171 Å². The molecule has 0 unspecified atom stereocenters. The third kappa shape index (κ3) is 5.03. The number of nitrogens with one attached hydrogen (secondary N) is 1. The molecule has 3 aromatic rings. The van der Waals surface area contributed by atoms with E-state index in [0.717, 1.165) is 17.0 Å². The number of aromatic nitrogens is 2. The van der Waals surface area contributed by atoms with Gasteiger partial charge in [-0.1, -0.05) is 29.3 Å². The van der Waals surface area contributed by atoms with Gasteiger partial charge in [0.1, 0.15) is 12.4 Å². The highest BCUT2D eigenvalue weighted by Gasteiger charge is 2.11. The number of ether oxygens (including phenoxy) is 1. The van der Waals surface area contributed by atoms with Crippen molar-refractivity contribution in [2.75, 3.05) is 6.54 Å². The second kappa shape index (κ2) is 8.78. The topological polar surface area (TPSA) is 56.2 Å². The van der Waals surface area contributed by atoms with E-state index in [1.807, 2.05) is 37.4 Å². The van der Waals surface area contributed by atoms with Crippen LogP contribution in [0.3, 0.4) is 0 Å². The van der Waals surface area contributed by atoms with E-state index in [-0.39, 0.29) is 5.91 Å². The van der Waals surface area contributed by atoms with Crippen molar-refractivity contribution in [2.45, 2.75) is 27.0 Å². The molecule has 0 radical (unpaired) electrons. The molecule has 0 aliphatic rings. The zero-order chi connectivity index (χ0) is 19.4. The number of benzene rings is 1. The fourth-order valence-electron chi connectivity index (χ4n) is 2.55. The standard InChI is InChI=1S/C19H19Cl2N3O2S/c1-12-18(21)13(2)24(23-12)7-6-22-19(25)17-8-14(11-27-17)10-26-16-5-3-4-15(20)9-16/h3-5,8-9,11H,6-7,10H2,1-2H3,(H,22,25). The number of halogens is 2. The first kappa shape index (κ1) is 19.7. The Kier molecular flexibility index (Phi) is 6.42. The number of nitrogens with zero attached hydrogens (tertiary/aromatic N) is 2. The molecule has 0 spiro atoms. The molecule has 8 heteroatoms. The Morgan fingerprint density at radius 1 is 1.30 bits per heavy atom. The van der Waals surface area contributed by atoms with Crippen LogP contribution in [0, 0.1) is 13.8 Å². The predicted octanol–water partition coefficient (Wildman–Crippen LogP) is 4.88. The van der Waals surface area contributed by atoms with Gasteiger partial charge >= 0.3 is 0 Å². The predicted molar refractivity (Wildman–Crippen MR) is 109 cm³/mol. The Morgan fingerprint density at radius 2 is 2.11 bits per heavy atom. The van der Waals surface area contributed by atoms with E-state index in [2.05, 4.69) is 10.4 Å². The zero-order valence-electron chi connectivity index (χ0n) is 15.0. The minimum atomic E-state index is -0.110. The molecular weight excluding hydrogens is 405 g/mol. The molecule has 0 fully saturated rings. The molecule has 0 saturated heterocycles. The molecule has 0 aliphatic heterocycles. The number of carbonyl (C=O) groups is 1. The summed E-state index contributed by atoms with van der Waals surface area (Å²) < 4.78 is 7.50. The van der Waals surface area contributed by atoms with E-state index < -0.39 is 0 Å². The number of aryl methyl sites for hydroxylation is 1. The minimum absolute atomic E-state index is 0.110. The number of carbonyl (C=O) groups excluding carboxylic acids is 1. The van der Waals surface area contributed by atoms with Crippen LogP contribution in [0.4, 0.5) is 0 Å². The molecule has 2 aromatic heterocycles. The van der Waals surface area contributed by atoms with Crippen LogP contribution < -0.4 is 10.1 Å². The molecule has 1 N–H and O–H groups in total. The van der Waals surface area contributed by atoms with E-state index >= 15 is 0 Å². The summed E-state index contributed by atoms with van der Waals surface area (Å²) in [6.07, 6.45) is 0. The molecular formula is C19H19Cl2N3O2S. The van der Waals surface area contributed by atoms with Crippen LogP contribution in [0.2, 0.25) is 10.0 Å². The Hall–Kier alpha value is -2.02. The Bertz CT molecular complexity index is 952. The monoisotopic (exact) mass is 423 g/mol. The first-order valence-corrected chi connectivity index (χ1v) is 10.0. The zero-order valence-corrected chi connectivity index (χ0v) is 17.3. The SMILES string of the molecule is Cc1nn(CCNC(=O)c2cc(COc3cccc(Cl)c3)cs2)c(C)c1Cl. The molecule has 2 heterocycles. The number of hydrogen-bond acceptors (Lipinski definition) is 4. The van der Waals surface area contributed by atoms with E-state index in [1.54, 1.807) is 16.8 Å². The molecule has 1 aromatic carbocycles. The van der Waals surface area contributed by atoms with Crippen molar-refractivity contribution in [1.82, 2.24) is 15.1 Å². The highest BCUT2D eigenvalue weighted by molar-refractivity contribution is 7.12. The lowest BCUT2D eigenvalue weighted by Gasteiger charge is -2.06. The smallest absolute Gasteiger partial charge is 0.261 e. The summed E-state index contributed by atoms with van der Waals surface area (Å²) in [4.78, 5) is 13.0. The van der Waals surface area contributed by atoms with Crippen molar-refractivity contribution < 1.29 is 9.53 Å². The highest BCUT2D eigenvalue weighted by atomic mass is 35.5. The number of rotatable bonds is 7. The average Bonchev–Trinajstić information content (AvgIpc) is 3.21. The third-order valence-electron chi connectivity index (χ3n) is 3.98. The first-order valence-electron chi connectivity index (χ1n) is 8.37. The molecule has 0 bridgehead atoms. The van der Waals surface area contributed by atoms with Crippen LogP contribution in [0.25, 0.3) is 0 Å². The third-order valence-corrected chi connectivity index (χ3v) is 5.74. The fourth-order valence-corrected chi connectivity index (χ4v) is 3.68. The maximum Gasteiger partial charge on any atom is 0.261 e. The van der Waals surface area contributed by atoms with Crippen LogP contribution in [0.15, 0.2) is 35.7 Å². The van der Waals surface area contributed by atoms with Gasteiger partial charge in [-0.25, -0.2) is 0 Å². The summed E-state index contributed by atoms with van der Waals surface area (Å²) in [6.45, 7) is 5.21. The first-order chi connectivity index (χ1) is 12.9. The van der Waals surface area contributed by atoms with E-state index in [4.69, 9.17) is 27.9 Å². The van der Waals surface area contributed by atoms with Crippen molar-refractivity contribution in [3.05, 3.63) is 67.6 Å². The minimum Gasteiger partial charge on any atom is -0.489 e. The average molecular weight is 424 g/mol. The van der Waals surface area contributed by atoms with Gasteiger partial charge in [-0.3, -0.25) is 9.48 Å². The lowest BCUT2D eigenvalue weighted by molar-refractivity contribution is 0.0956. The van der Waals surface area contributed by atoms with Gasteiger partial charge in [0.2, 0.25) is 0 Å². The molecule has 1 amide bonds. The Balaban J connectivity index is 1.50. The maximum atomic E-state index is 12.3. The van der Waals surface area contributed by atoms with E-state index in [1.165, 1.54) is 11.3 Å². The quantitative estimate of drug-likeness (QED) is 0.588. The van der Waals surface area contributed by atoms with Crippen molar-refractivity contribution in [2.24, 2.45) is 0 Å². The van der Waals surface area contributed by atoms with Crippen molar-refractivity contribution >= 4 is 40.4 Å². The van der Waals surface area contributed by atoms with Crippen molar-refractivity contribution in [3.63, 3.8) is 0 Å². The Morgan fingerprint density at radius 3 is 2.81 bits per heavy atom. The van der Waals surface area contributed by atoms with Gasteiger partial charge in [-0.2, -0.15) is 5.10 Å². The van der Waals surface area contributed by atoms with Crippen LogP contribution in [0.5, 0.6) is 5.75 Å². The largest absolute Gasteiger partial charge is 0.489 e. The van der Waals surface area contributed by atoms with Gasteiger partial charge in [0.15, 0.2) is 0 Å². The fraction of sp³-hybridized carbons (Fsp3) is 0.263. The van der Waals surface area contributed by atoms with Crippen LogP contribution >= 0.6 is 34.5 Å². The summed E-state index contributed by atoms with van der Waals surface area (Å²) in [5.41, 5.74) is 2.64. The van der Waals surface area contributed by atoms with Gasteiger partial charge in [0.25, 0.3) is 5.91 Å². The summed E-state index contributed by atoms with van der Waals surface area (Å²) in [6, 6.07) is 9.07. The number of thiophene rings is 1. The lowest BCUT2D eigenvalue weighted by atomic mass is 10.3. The molecule has 142 valence electrons. The summed E-state index contributed by atoms with van der Waals surface area (Å²) in [7, 11) is 0. The normalized spacial score (nSPS) is 10.8. The van der Waals surface area contributed by atoms with Crippen molar-refractivity contribution in [3.8, 4) is 5.75 Å². The number of amides is 1. The van der Waals surface area contributed by atoms with Gasteiger partial charge < -0.3 is 10.1 Å². The van der Waals surface area contributed by atoms with E-state index in [0.29, 0.717) is 40.4 Å². The summed E-state index contributed by atoms with van der Waals surface area (Å²) in [5.74, 6) is 0.588. The molecule has 0 aliphatic carbocycles. The second-order valence-corrected chi connectivity index (χ2v) is 7.75. The molecule has 0 saturated carbocycles.